The minimum Gasteiger partial charge on any atom is -0.478 e. The average Bonchev–Trinajstić information content (AvgIpc) is 2.65. The molecule has 1 heterocycles. The van der Waals surface area contributed by atoms with Gasteiger partial charge in [-0.2, -0.15) is 8.78 Å². The van der Waals surface area contributed by atoms with E-state index < -0.39 is 6.61 Å². The van der Waals surface area contributed by atoms with Crippen LogP contribution < -0.4 is 14.8 Å². The van der Waals surface area contributed by atoms with Crippen LogP contribution in [0.25, 0.3) is 11.3 Å². The molecule has 1 aromatic carbocycles. The number of rotatable bonds is 9. The van der Waals surface area contributed by atoms with Crippen molar-refractivity contribution in [1.29, 1.82) is 0 Å². The highest BCUT2D eigenvalue weighted by Crippen LogP contribution is 2.35. The third-order valence-corrected chi connectivity index (χ3v) is 4.52. The zero-order valence-electron chi connectivity index (χ0n) is 15.9. The SMILES string of the molecule is CCc1nc(NC(CC)CC)c(OC)nc1-c1ccc(OC(F)F)cc1Cl. The van der Waals surface area contributed by atoms with E-state index in [2.05, 4.69) is 33.9 Å². The van der Waals surface area contributed by atoms with E-state index in [0.717, 1.165) is 18.5 Å². The quantitative estimate of drug-likeness (QED) is 0.597. The first-order chi connectivity index (χ1) is 12.9. The number of alkyl halides is 2. The van der Waals surface area contributed by atoms with E-state index in [1.165, 1.54) is 19.2 Å². The second-order valence-corrected chi connectivity index (χ2v) is 6.32. The first kappa shape index (κ1) is 21.2. The van der Waals surface area contributed by atoms with Gasteiger partial charge in [-0.05, 0) is 37.5 Å². The molecule has 0 unspecified atom stereocenters. The van der Waals surface area contributed by atoms with Crippen molar-refractivity contribution in [2.75, 3.05) is 12.4 Å². The van der Waals surface area contributed by atoms with E-state index in [-0.39, 0.29) is 16.8 Å². The molecule has 2 aromatic rings. The van der Waals surface area contributed by atoms with E-state index >= 15 is 0 Å². The molecule has 1 aromatic heterocycles. The predicted octanol–water partition coefficient (Wildman–Crippen LogP) is 5.57. The topological polar surface area (TPSA) is 56.3 Å². The summed E-state index contributed by atoms with van der Waals surface area (Å²) >= 11 is 6.29. The lowest BCUT2D eigenvalue weighted by molar-refractivity contribution is -0.0498. The van der Waals surface area contributed by atoms with Crippen LogP contribution in [0.1, 0.15) is 39.3 Å². The Balaban J connectivity index is 2.47. The minimum atomic E-state index is -2.91. The van der Waals surface area contributed by atoms with Gasteiger partial charge in [-0.25, -0.2) is 9.97 Å². The Morgan fingerprint density at radius 2 is 1.85 bits per heavy atom. The number of aromatic nitrogens is 2. The lowest BCUT2D eigenvalue weighted by Crippen LogP contribution is -2.19. The largest absolute Gasteiger partial charge is 0.478 e. The third-order valence-electron chi connectivity index (χ3n) is 4.21. The van der Waals surface area contributed by atoms with Crippen LogP contribution in [0.2, 0.25) is 5.02 Å². The summed E-state index contributed by atoms with van der Waals surface area (Å²) in [5.74, 6) is 0.933. The van der Waals surface area contributed by atoms with Crippen molar-refractivity contribution >= 4 is 17.4 Å². The van der Waals surface area contributed by atoms with E-state index in [4.69, 9.17) is 16.3 Å². The van der Waals surface area contributed by atoms with Gasteiger partial charge in [0.05, 0.1) is 23.5 Å². The lowest BCUT2D eigenvalue weighted by atomic mass is 10.1. The van der Waals surface area contributed by atoms with Gasteiger partial charge in [0.15, 0.2) is 5.82 Å². The molecule has 0 saturated heterocycles. The number of anilines is 1. The van der Waals surface area contributed by atoms with Gasteiger partial charge in [-0.1, -0.05) is 32.4 Å². The van der Waals surface area contributed by atoms with Crippen LogP contribution in [0.3, 0.4) is 0 Å². The Kier molecular flexibility index (Phi) is 7.59. The maximum absolute atomic E-state index is 12.4. The van der Waals surface area contributed by atoms with Crippen LogP contribution >= 0.6 is 11.6 Å². The van der Waals surface area contributed by atoms with Gasteiger partial charge in [0.25, 0.3) is 5.88 Å². The fraction of sp³-hybridized carbons (Fsp3) is 0.474. The monoisotopic (exact) mass is 399 g/mol. The molecule has 0 amide bonds. The van der Waals surface area contributed by atoms with Crippen molar-refractivity contribution in [3.63, 3.8) is 0 Å². The van der Waals surface area contributed by atoms with Crippen LogP contribution in [0, 0.1) is 0 Å². The molecule has 0 radical (unpaired) electrons. The number of methoxy groups -OCH3 is 1. The van der Waals surface area contributed by atoms with Crippen molar-refractivity contribution in [2.45, 2.75) is 52.7 Å². The molecule has 27 heavy (non-hydrogen) atoms. The summed E-state index contributed by atoms with van der Waals surface area (Å²) in [6, 6.07) is 4.62. The second kappa shape index (κ2) is 9.69. The maximum Gasteiger partial charge on any atom is 0.387 e. The van der Waals surface area contributed by atoms with Crippen molar-refractivity contribution in [3.05, 3.63) is 28.9 Å². The zero-order chi connectivity index (χ0) is 20.0. The summed E-state index contributed by atoms with van der Waals surface area (Å²) in [6.45, 7) is 3.24. The van der Waals surface area contributed by atoms with Crippen LogP contribution in [-0.4, -0.2) is 29.7 Å². The van der Waals surface area contributed by atoms with Gasteiger partial charge < -0.3 is 14.8 Å². The highest BCUT2D eigenvalue weighted by molar-refractivity contribution is 6.33. The number of benzene rings is 1. The maximum atomic E-state index is 12.4. The van der Waals surface area contributed by atoms with Crippen LogP contribution in [0.15, 0.2) is 18.2 Å². The molecular formula is C19H24ClF2N3O2. The Morgan fingerprint density at radius 3 is 2.37 bits per heavy atom. The fourth-order valence-electron chi connectivity index (χ4n) is 2.70. The summed E-state index contributed by atoms with van der Waals surface area (Å²) in [5.41, 5.74) is 1.86. The molecule has 148 valence electrons. The van der Waals surface area contributed by atoms with E-state index in [1.54, 1.807) is 6.07 Å². The zero-order valence-corrected chi connectivity index (χ0v) is 16.6. The van der Waals surface area contributed by atoms with E-state index in [1.807, 2.05) is 6.92 Å². The molecule has 0 saturated carbocycles. The van der Waals surface area contributed by atoms with Crippen LogP contribution in [0.5, 0.6) is 11.6 Å². The van der Waals surface area contributed by atoms with Gasteiger partial charge in [0.1, 0.15) is 5.75 Å². The Hall–Kier alpha value is -2.15. The first-order valence-electron chi connectivity index (χ1n) is 8.89. The van der Waals surface area contributed by atoms with Crippen molar-refractivity contribution < 1.29 is 18.3 Å². The number of nitrogens with one attached hydrogen (secondary N) is 1. The summed E-state index contributed by atoms with van der Waals surface area (Å²) in [5, 5.41) is 3.61. The molecule has 0 spiro atoms. The van der Waals surface area contributed by atoms with Crippen molar-refractivity contribution in [1.82, 2.24) is 9.97 Å². The molecule has 8 heteroatoms. The number of ether oxygens (including phenoxy) is 2. The predicted molar refractivity (Wildman–Crippen MR) is 103 cm³/mol. The highest BCUT2D eigenvalue weighted by atomic mass is 35.5. The molecule has 0 aliphatic heterocycles. The standard InChI is InChI=1S/C19H24ClF2N3O2/c1-5-11(6-2)23-17-18(26-4)25-16(15(7-3)24-17)13-9-8-12(10-14(13)20)27-19(21)22/h8-11,19H,5-7H2,1-4H3,(H,23,24). The molecular weight excluding hydrogens is 376 g/mol. The molecule has 0 aliphatic carbocycles. The molecule has 0 atom stereocenters. The van der Waals surface area contributed by atoms with Gasteiger partial charge in [-0.3, -0.25) is 0 Å². The fourth-order valence-corrected chi connectivity index (χ4v) is 2.96. The first-order valence-corrected chi connectivity index (χ1v) is 9.27. The number of nitrogens with zero attached hydrogens (tertiary/aromatic N) is 2. The molecule has 1 N–H and O–H groups in total. The summed E-state index contributed by atoms with van der Waals surface area (Å²) in [7, 11) is 1.53. The third kappa shape index (κ3) is 5.19. The van der Waals surface area contributed by atoms with Gasteiger partial charge in [0, 0.05) is 11.6 Å². The number of hydrogen-bond donors (Lipinski definition) is 1. The molecule has 2 rings (SSSR count). The number of aryl methyl sites for hydroxylation is 1. The van der Waals surface area contributed by atoms with Crippen LogP contribution in [-0.2, 0) is 6.42 Å². The summed E-state index contributed by atoms with van der Waals surface area (Å²) in [4.78, 5) is 9.26. The molecule has 5 nitrogen and oxygen atoms in total. The molecule has 0 fully saturated rings. The highest BCUT2D eigenvalue weighted by Gasteiger charge is 2.19. The van der Waals surface area contributed by atoms with Gasteiger partial charge >= 0.3 is 6.61 Å². The average molecular weight is 400 g/mol. The Labute approximate surface area is 163 Å². The normalized spacial score (nSPS) is 11.1. The Morgan fingerprint density at radius 1 is 1.15 bits per heavy atom. The van der Waals surface area contributed by atoms with Gasteiger partial charge in [-0.15, -0.1) is 0 Å². The summed E-state index contributed by atoms with van der Waals surface area (Å²) in [6.07, 6.45) is 2.51. The smallest absolute Gasteiger partial charge is 0.387 e. The minimum absolute atomic E-state index is 0.0104. The van der Waals surface area contributed by atoms with Crippen molar-refractivity contribution in [3.8, 4) is 22.9 Å². The van der Waals surface area contributed by atoms with Crippen LogP contribution in [0.4, 0.5) is 14.6 Å². The lowest BCUT2D eigenvalue weighted by Gasteiger charge is -2.19. The van der Waals surface area contributed by atoms with Gasteiger partial charge in [0.2, 0.25) is 0 Å². The molecule has 0 aliphatic rings. The number of halogens is 3. The van der Waals surface area contributed by atoms with E-state index in [9.17, 15) is 8.78 Å². The van der Waals surface area contributed by atoms with E-state index in [0.29, 0.717) is 29.4 Å². The number of hydrogen-bond acceptors (Lipinski definition) is 5. The second-order valence-electron chi connectivity index (χ2n) is 5.91. The Bertz CT molecular complexity index is 771. The summed E-state index contributed by atoms with van der Waals surface area (Å²) < 4.78 is 34.6. The van der Waals surface area contributed by atoms with Crippen molar-refractivity contribution in [2.24, 2.45) is 0 Å². The molecule has 0 bridgehead atoms.